The van der Waals surface area contributed by atoms with Crippen LogP contribution in [0, 0.1) is 0 Å². The molecule has 8 heteroatoms. The van der Waals surface area contributed by atoms with E-state index in [4.69, 9.17) is 4.74 Å². The van der Waals surface area contributed by atoms with Gasteiger partial charge in [-0.25, -0.2) is 4.98 Å². The fraction of sp³-hybridized carbons (Fsp3) is 0.318. The minimum absolute atomic E-state index is 0.136. The number of hydrogen-bond donors (Lipinski definition) is 1. The van der Waals surface area contributed by atoms with E-state index in [9.17, 15) is 8.78 Å². The van der Waals surface area contributed by atoms with Gasteiger partial charge in [0.05, 0.1) is 17.9 Å². The van der Waals surface area contributed by atoms with Gasteiger partial charge in [-0.15, -0.1) is 0 Å². The Kier molecular flexibility index (Phi) is 5.85. The van der Waals surface area contributed by atoms with E-state index in [1.54, 1.807) is 18.3 Å². The molecule has 2 aliphatic heterocycles. The Hall–Kier alpha value is -3.13. The maximum Gasteiger partial charge on any atom is 0.387 e. The van der Waals surface area contributed by atoms with Crippen molar-refractivity contribution in [1.82, 2.24) is 10.4 Å². The van der Waals surface area contributed by atoms with Crippen molar-refractivity contribution in [3.8, 4) is 5.75 Å². The minimum atomic E-state index is -2.83. The van der Waals surface area contributed by atoms with Gasteiger partial charge in [0.25, 0.3) is 0 Å². The number of alkyl halides is 2. The first-order valence-corrected chi connectivity index (χ1v) is 9.83. The fourth-order valence-corrected chi connectivity index (χ4v) is 3.67. The van der Waals surface area contributed by atoms with Crippen LogP contribution < -0.4 is 20.1 Å². The second kappa shape index (κ2) is 8.71. The molecule has 2 atom stereocenters. The number of aromatic nitrogens is 1. The van der Waals surface area contributed by atoms with Gasteiger partial charge in [-0.2, -0.15) is 8.78 Å². The number of allylic oxidation sites excluding steroid dienone is 2. The lowest BCUT2D eigenvalue weighted by Gasteiger charge is -2.36. The molecule has 2 aromatic rings. The number of hydrogen-bond acceptors (Lipinski definition) is 6. The lowest BCUT2D eigenvalue weighted by atomic mass is 10.1. The van der Waals surface area contributed by atoms with E-state index in [2.05, 4.69) is 33.9 Å². The molecule has 0 unspecified atom stereocenters. The van der Waals surface area contributed by atoms with E-state index < -0.39 is 6.61 Å². The molecule has 30 heavy (non-hydrogen) atoms. The molecule has 158 valence electrons. The highest BCUT2D eigenvalue weighted by Gasteiger charge is 2.23. The molecule has 6 nitrogen and oxygen atoms in total. The Morgan fingerprint density at radius 2 is 1.87 bits per heavy atom. The molecular formula is C22H24F2N4O2. The number of morpholine rings is 1. The summed E-state index contributed by atoms with van der Waals surface area (Å²) in [5.74, 6) is 1.03. The van der Waals surface area contributed by atoms with Crippen LogP contribution in [-0.4, -0.2) is 36.9 Å². The van der Waals surface area contributed by atoms with Crippen LogP contribution in [0.25, 0.3) is 5.57 Å². The number of halogens is 2. The average molecular weight is 414 g/mol. The lowest BCUT2D eigenvalue weighted by molar-refractivity contribution is -0.0498. The van der Waals surface area contributed by atoms with Gasteiger partial charge in [0.2, 0.25) is 0 Å². The van der Waals surface area contributed by atoms with Crippen molar-refractivity contribution in [2.45, 2.75) is 32.7 Å². The fourth-order valence-electron chi connectivity index (χ4n) is 3.67. The van der Waals surface area contributed by atoms with Gasteiger partial charge in [0.15, 0.2) is 0 Å². The van der Waals surface area contributed by atoms with E-state index in [1.807, 2.05) is 35.6 Å². The van der Waals surface area contributed by atoms with Crippen molar-refractivity contribution in [3.63, 3.8) is 0 Å². The van der Waals surface area contributed by atoms with Crippen molar-refractivity contribution < 1.29 is 18.3 Å². The van der Waals surface area contributed by atoms with Crippen LogP contribution >= 0.6 is 0 Å². The van der Waals surface area contributed by atoms with Crippen LogP contribution in [0.5, 0.6) is 5.75 Å². The number of benzene rings is 1. The zero-order chi connectivity index (χ0) is 21.1. The van der Waals surface area contributed by atoms with Crippen LogP contribution in [0.4, 0.5) is 20.3 Å². The summed E-state index contributed by atoms with van der Waals surface area (Å²) in [5, 5.41) is 1.90. The molecule has 4 rings (SSSR count). The predicted molar refractivity (Wildman–Crippen MR) is 112 cm³/mol. The van der Waals surface area contributed by atoms with Gasteiger partial charge in [-0.3, -0.25) is 5.01 Å². The molecular weight excluding hydrogens is 390 g/mol. The molecule has 0 aliphatic carbocycles. The zero-order valence-corrected chi connectivity index (χ0v) is 16.8. The molecule has 1 N–H and O–H groups in total. The maximum absolute atomic E-state index is 12.3. The topological polar surface area (TPSA) is 49.9 Å². The summed E-state index contributed by atoms with van der Waals surface area (Å²) in [6, 6.07) is 10.5. The summed E-state index contributed by atoms with van der Waals surface area (Å²) in [6.07, 6.45) is 7.80. The highest BCUT2D eigenvalue weighted by molar-refractivity contribution is 5.78. The van der Waals surface area contributed by atoms with E-state index in [0.29, 0.717) is 0 Å². The Labute approximate surface area is 174 Å². The van der Waals surface area contributed by atoms with E-state index in [-0.39, 0.29) is 18.0 Å². The van der Waals surface area contributed by atoms with Gasteiger partial charge < -0.3 is 19.8 Å². The van der Waals surface area contributed by atoms with Gasteiger partial charge >= 0.3 is 6.61 Å². The third kappa shape index (κ3) is 4.71. The van der Waals surface area contributed by atoms with Crippen LogP contribution in [0.3, 0.4) is 0 Å². The Morgan fingerprint density at radius 1 is 1.13 bits per heavy atom. The van der Waals surface area contributed by atoms with Crippen LogP contribution in [0.2, 0.25) is 0 Å². The third-order valence-corrected chi connectivity index (χ3v) is 4.91. The Bertz CT molecular complexity index is 923. The standard InChI is InChI=1S/C22H24F2N4O2/c1-15-12-27(13-16(2)29-15)21-11-19(8-9-25-21)28-14-18(7-10-26-28)17-3-5-20(6-4-17)30-22(23)24/h3-11,14-16,22,26H,12-13H2,1-2H3/t15-,16+. The molecule has 1 aromatic carbocycles. The smallest absolute Gasteiger partial charge is 0.387 e. The monoisotopic (exact) mass is 414 g/mol. The van der Waals surface area contributed by atoms with Crippen LogP contribution in [0.1, 0.15) is 19.4 Å². The molecule has 0 spiro atoms. The quantitative estimate of drug-likeness (QED) is 0.792. The molecule has 0 radical (unpaired) electrons. The summed E-state index contributed by atoms with van der Waals surface area (Å²) in [6.45, 7) is 2.89. The summed E-state index contributed by atoms with van der Waals surface area (Å²) < 4.78 is 34.9. The van der Waals surface area contributed by atoms with Crippen LogP contribution in [-0.2, 0) is 4.74 Å². The van der Waals surface area contributed by atoms with Crippen molar-refractivity contribution >= 4 is 17.1 Å². The summed E-state index contributed by atoms with van der Waals surface area (Å²) in [5.41, 5.74) is 5.97. The first kappa shape index (κ1) is 20.2. The van der Waals surface area contributed by atoms with E-state index in [1.165, 1.54) is 12.1 Å². The molecule has 0 bridgehead atoms. The van der Waals surface area contributed by atoms with Crippen molar-refractivity contribution in [2.24, 2.45) is 0 Å². The number of hydrazine groups is 1. The number of rotatable bonds is 5. The van der Waals surface area contributed by atoms with Crippen molar-refractivity contribution in [2.75, 3.05) is 23.0 Å². The van der Waals surface area contributed by atoms with Gasteiger partial charge in [0.1, 0.15) is 11.6 Å². The second-order valence-electron chi connectivity index (χ2n) is 7.35. The van der Waals surface area contributed by atoms with Gasteiger partial charge in [-0.1, -0.05) is 12.1 Å². The number of pyridine rings is 1. The molecule has 1 fully saturated rings. The first-order chi connectivity index (χ1) is 14.5. The molecule has 1 saturated heterocycles. The maximum atomic E-state index is 12.3. The molecule has 0 amide bonds. The number of nitrogens with zero attached hydrogens (tertiary/aromatic N) is 3. The second-order valence-corrected chi connectivity index (χ2v) is 7.35. The largest absolute Gasteiger partial charge is 0.435 e. The Balaban J connectivity index is 1.53. The molecule has 0 saturated carbocycles. The Morgan fingerprint density at radius 3 is 2.57 bits per heavy atom. The SMILES string of the molecule is C[C@@H]1CN(c2cc(N3C=C(c4ccc(OC(F)F)cc4)C=CN3)ccn2)C[C@H](C)O1. The first-order valence-electron chi connectivity index (χ1n) is 9.83. The van der Waals surface area contributed by atoms with Crippen molar-refractivity contribution in [3.05, 3.63) is 66.6 Å². The highest BCUT2D eigenvalue weighted by Crippen LogP contribution is 2.27. The van der Waals surface area contributed by atoms with Crippen molar-refractivity contribution in [1.29, 1.82) is 0 Å². The number of nitrogens with one attached hydrogen (secondary N) is 1. The average Bonchev–Trinajstić information content (AvgIpc) is 2.73. The number of anilines is 2. The van der Waals surface area contributed by atoms with Gasteiger partial charge in [0, 0.05) is 43.3 Å². The molecule has 1 aromatic heterocycles. The van der Waals surface area contributed by atoms with E-state index >= 15 is 0 Å². The predicted octanol–water partition coefficient (Wildman–Crippen LogP) is 4.18. The summed E-state index contributed by atoms with van der Waals surface area (Å²) in [4.78, 5) is 6.77. The summed E-state index contributed by atoms with van der Waals surface area (Å²) in [7, 11) is 0. The number of ether oxygens (including phenoxy) is 2. The van der Waals surface area contributed by atoms with E-state index in [0.717, 1.165) is 35.7 Å². The summed E-state index contributed by atoms with van der Waals surface area (Å²) >= 11 is 0. The molecule has 3 heterocycles. The lowest BCUT2D eigenvalue weighted by Crippen LogP contribution is -2.45. The molecule has 2 aliphatic rings. The highest BCUT2D eigenvalue weighted by atomic mass is 19.3. The van der Waals surface area contributed by atoms with Gasteiger partial charge in [-0.05, 0) is 43.7 Å². The third-order valence-electron chi connectivity index (χ3n) is 4.91. The zero-order valence-electron chi connectivity index (χ0n) is 16.8. The minimum Gasteiger partial charge on any atom is -0.435 e. The normalized spacial score (nSPS) is 21.4. The van der Waals surface area contributed by atoms with Crippen LogP contribution in [0.15, 0.2) is 61.1 Å².